The van der Waals surface area contributed by atoms with Crippen molar-refractivity contribution in [2.75, 3.05) is 7.11 Å². The Hall–Kier alpha value is -1.57. The van der Waals surface area contributed by atoms with Crippen LogP contribution in [0.4, 0.5) is 4.39 Å². The lowest BCUT2D eigenvalue weighted by Crippen LogP contribution is -2.00. The van der Waals surface area contributed by atoms with E-state index in [4.69, 9.17) is 4.74 Å². The van der Waals surface area contributed by atoms with Gasteiger partial charge >= 0.3 is 0 Å². The molecule has 0 aromatic heterocycles. The topological polar surface area (TPSA) is 66.4 Å². The number of hydrogen-bond acceptors (Lipinski definition) is 4. The maximum atomic E-state index is 12.5. The summed E-state index contributed by atoms with van der Waals surface area (Å²) in [4.78, 5) is 0.260. The molecule has 0 radical (unpaired) electrons. The largest absolute Gasteiger partial charge is 0.744 e. The quantitative estimate of drug-likeness (QED) is 0.626. The highest BCUT2D eigenvalue weighted by Gasteiger charge is 2.05. The SMILES string of the molecule is COc1ccc([SH2+])cc1.O=S(=O)([O-])c1ccccc1F. The van der Waals surface area contributed by atoms with Crippen molar-refractivity contribution in [1.29, 1.82) is 0 Å². The van der Waals surface area contributed by atoms with Crippen LogP contribution in [-0.2, 0) is 22.7 Å². The molecule has 0 atom stereocenters. The van der Waals surface area contributed by atoms with Gasteiger partial charge in [-0.3, -0.25) is 0 Å². The maximum absolute atomic E-state index is 12.5. The summed E-state index contributed by atoms with van der Waals surface area (Å²) in [5.74, 6) is -0.125. The molecule has 0 bridgehead atoms. The van der Waals surface area contributed by atoms with Crippen molar-refractivity contribution in [1.82, 2.24) is 0 Å². The Kier molecular flexibility index (Phi) is 6.00. The average Bonchev–Trinajstić information content (AvgIpc) is 2.39. The lowest BCUT2D eigenvalue weighted by Gasteiger charge is -2.06. The zero-order valence-corrected chi connectivity index (χ0v) is 12.4. The minimum Gasteiger partial charge on any atom is -0.744 e. The average molecular weight is 316 g/mol. The molecule has 0 heterocycles. The molecule has 2 aromatic rings. The molecule has 0 aliphatic carbocycles. The minimum atomic E-state index is -4.66. The highest BCUT2D eigenvalue weighted by Crippen LogP contribution is 2.11. The Morgan fingerprint density at radius 1 is 1.10 bits per heavy atom. The molecule has 0 aliphatic rings. The molecule has 0 saturated heterocycles. The first-order chi connectivity index (χ1) is 9.34. The summed E-state index contributed by atoms with van der Waals surface area (Å²) in [5, 5.41) is 0. The van der Waals surface area contributed by atoms with E-state index in [-0.39, 0.29) is 0 Å². The van der Waals surface area contributed by atoms with E-state index in [9.17, 15) is 17.4 Å². The van der Waals surface area contributed by atoms with Gasteiger partial charge in [-0.2, -0.15) is 0 Å². The normalized spacial score (nSPS) is 10.4. The zero-order valence-electron chi connectivity index (χ0n) is 10.5. The fourth-order valence-electron chi connectivity index (χ4n) is 1.24. The summed E-state index contributed by atoms with van der Waals surface area (Å²) in [7, 11) is -3.00. The van der Waals surface area contributed by atoms with Crippen LogP contribution in [0.5, 0.6) is 5.75 Å². The summed E-state index contributed by atoms with van der Waals surface area (Å²) >= 11 is 3.37. The van der Waals surface area contributed by atoms with Crippen molar-refractivity contribution >= 4 is 22.7 Å². The van der Waals surface area contributed by atoms with Crippen LogP contribution >= 0.6 is 0 Å². The molecule has 0 amide bonds. The Balaban J connectivity index is 0.000000204. The first-order valence-corrected chi connectivity index (χ1v) is 7.31. The van der Waals surface area contributed by atoms with Crippen molar-refractivity contribution in [2.24, 2.45) is 0 Å². The van der Waals surface area contributed by atoms with Crippen LogP contribution in [0, 0.1) is 5.82 Å². The standard InChI is InChI=1S/C7H8OS.C6H5FO3S/c1-8-6-2-4-7(9)5-3-6;7-5-3-1-2-4-6(5)11(8,9)10/h2-5,9H,1H3;1-4H,(H,8,9,10). The van der Waals surface area contributed by atoms with E-state index in [1.165, 1.54) is 12.1 Å². The van der Waals surface area contributed by atoms with E-state index < -0.39 is 20.8 Å². The van der Waals surface area contributed by atoms with Gasteiger partial charge in [0.15, 0.2) is 4.90 Å². The number of halogens is 1. The van der Waals surface area contributed by atoms with Crippen molar-refractivity contribution in [3.8, 4) is 5.75 Å². The fraction of sp³-hybridized carbons (Fsp3) is 0.0769. The van der Waals surface area contributed by atoms with Gasteiger partial charge in [0, 0.05) is 0 Å². The molecule has 0 aliphatic heterocycles. The van der Waals surface area contributed by atoms with Crippen LogP contribution in [0.25, 0.3) is 0 Å². The van der Waals surface area contributed by atoms with Gasteiger partial charge in [0.2, 0.25) is 0 Å². The molecule has 20 heavy (non-hydrogen) atoms. The minimum absolute atomic E-state index is 0.806. The number of benzene rings is 2. The van der Waals surface area contributed by atoms with E-state index >= 15 is 0 Å². The van der Waals surface area contributed by atoms with Gasteiger partial charge in [0.25, 0.3) is 0 Å². The van der Waals surface area contributed by atoms with Gasteiger partial charge in [-0.1, -0.05) is 12.1 Å². The molecule has 7 heteroatoms. The fourth-order valence-corrected chi connectivity index (χ4v) is 1.96. The molecule has 0 unspecified atom stereocenters. The van der Waals surface area contributed by atoms with E-state index in [0.29, 0.717) is 0 Å². The maximum Gasteiger partial charge on any atom is 0.150 e. The van der Waals surface area contributed by atoms with Crippen molar-refractivity contribution in [3.05, 3.63) is 54.3 Å². The van der Waals surface area contributed by atoms with Crippen LogP contribution in [0.1, 0.15) is 0 Å². The Bertz CT molecular complexity index is 654. The van der Waals surface area contributed by atoms with E-state index in [0.717, 1.165) is 22.8 Å². The van der Waals surface area contributed by atoms with Gasteiger partial charge in [-0.25, -0.2) is 12.8 Å². The van der Waals surface area contributed by atoms with Crippen LogP contribution in [0.2, 0.25) is 0 Å². The zero-order chi connectivity index (χ0) is 15.2. The molecular formula is C13H13FO4S2. The lowest BCUT2D eigenvalue weighted by molar-refractivity contribution is 0.414. The monoisotopic (exact) mass is 316 g/mol. The van der Waals surface area contributed by atoms with Crippen LogP contribution in [-0.4, -0.2) is 20.1 Å². The Morgan fingerprint density at radius 2 is 1.65 bits per heavy atom. The molecule has 0 spiro atoms. The molecule has 4 nitrogen and oxygen atoms in total. The highest BCUT2D eigenvalue weighted by atomic mass is 32.2. The van der Waals surface area contributed by atoms with E-state index in [1.54, 1.807) is 7.11 Å². The molecule has 2 aromatic carbocycles. The van der Waals surface area contributed by atoms with Crippen molar-refractivity contribution in [3.63, 3.8) is 0 Å². The molecule has 2 rings (SSSR count). The Morgan fingerprint density at radius 3 is 2.05 bits per heavy atom. The molecule has 108 valence electrons. The van der Waals surface area contributed by atoms with Crippen molar-refractivity contribution < 1.29 is 22.1 Å². The van der Waals surface area contributed by atoms with Crippen LogP contribution in [0.3, 0.4) is 0 Å². The summed E-state index contributed by atoms with van der Waals surface area (Å²) < 4.78 is 48.2. The number of rotatable bonds is 2. The lowest BCUT2D eigenvalue weighted by atomic mass is 10.3. The van der Waals surface area contributed by atoms with Crippen molar-refractivity contribution in [2.45, 2.75) is 9.79 Å². The third-order valence-corrected chi connectivity index (χ3v) is 3.40. The smallest absolute Gasteiger partial charge is 0.150 e. The highest BCUT2D eigenvalue weighted by molar-refractivity contribution is 7.85. The van der Waals surface area contributed by atoms with Crippen LogP contribution < -0.4 is 4.74 Å². The second kappa shape index (κ2) is 7.28. The summed E-state index contributed by atoms with van der Waals surface area (Å²) in [6, 6.07) is 12.1. The van der Waals surface area contributed by atoms with E-state index in [2.05, 4.69) is 12.6 Å². The molecule has 0 saturated carbocycles. The van der Waals surface area contributed by atoms with Gasteiger partial charge in [0.05, 0.1) is 12.0 Å². The molecule has 0 N–H and O–H groups in total. The first kappa shape index (κ1) is 16.5. The number of methoxy groups -OCH3 is 1. The van der Waals surface area contributed by atoms with Gasteiger partial charge < -0.3 is 9.29 Å². The van der Waals surface area contributed by atoms with Gasteiger partial charge in [0.1, 0.15) is 21.7 Å². The van der Waals surface area contributed by atoms with Gasteiger partial charge in [-0.15, -0.1) is 0 Å². The number of hydrogen-bond donors (Lipinski definition) is 0. The number of ether oxygens (including phenoxy) is 1. The summed E-state index contributed by atoms with van der Waals surface area (Å²) in [6.45, 7) is 0. The summed E-state index contributed by atoms with van der Waals surface area (Å²) in [5.41, 5.74) is 0. The predicted molar refractivity (Wildman–Crippen MR) is 75.8 cm³/mol. The van der Waals surface area contributed by atoms with Gasteiger partial charge in [-0.05, 0) is 49.0 Å². The summed E-state index contributed by atoms with van der Waals surface area (Å²) in [6.07, 6.45) is 0. The second-order valence-electron chi connectivity index (χ2n) is 3.61. The van der Waals surface area contributed by atoms with E-state index in [1.807, 2.05) is 24.3 Å². The molecule has 0 fully saturated rings. The third kappa shape index (κ3) is 5.20. The first-order valence-electron chi connectivity index (χ1n) is 5.40. The van der Waals surface area contributed by atoms with Crippen LogP contribution in [0.15, 0.2) is 58.3 Å². The Labute approximate surface area is 122 Å². The second-order valence-corrected chi connectivity index (χ2v) is 5.54. The predicted octanol–water partition coefficient (Wildman–Crippen LogP) is 1.80. The molecular weight excluding hydrogens is 303 g/mol. The third-order valence-electron chi connectivity index (χ3n) is 2.20.